The van der Waals surface area contributed by atoms with E-state index in [9.17, 15) is 4.79 Å². The number of nitrogens with one attached hydrogen (secondary N) is 1. The van der Waals surface area contributed by atoms with Gasteiger partial charge in [-0.05, 0) is 6.92 Å². The lowest BCUT2D eigenvalue weighted by atomic mass is 10.5. The minimum Gasteiger partial charge on any atom is -0.324 e. The van der Waals surface area contributed by atoms with Crippen LogP contribution in [-0.2, 0) is 6.54 Å². The number of hydrogen-bond donors (Lipinski definition) is 2. The zero-order valence-electron chi connectivity index (χ0n) is 7.52. The smallest absolute Gasteiger partial charge is 0.274 e. The van der Waals surface area contributed by atoms with Crippen LogP contribution >= 0.6 is 12.4 Å². The maximum Gasteiger partial charge on any atom is 0.274 e. The summed E-state index contributed by atoms with van der Waals surface area (Å²) in [6, 6.07) is 1.44. The average molecular weight is 216 g/mol. The second-order valence-electron chi connectivity index (χ2n) is 2.75. The summed E-state index contributed by atoms with van der Waals surface area (Å²) in [4.78, 5) is 19.4. The van der Waals surface area contributed by atoms with Gasteiger partial charge in [-0.3, -0.25) is 9.89 Å². The second kappa shape index (κ2) is 3.77. The molecule has 0 amide bonds. The molecule has 0 bridgehead atoms. The molecule has 14 heavy (non-hydrogen) atoms. The van der Waals surface area contributed by atoms with Gasteiger partial charge in [0.05, 0.1) is 6.54 Å². The first-order chi connectivity index (χ1) is 6.20. The van der Waals surface area contributed by atoms with Gasteiger partial charge in [0.15, 0.2) is 0 Å². The number of nitrogens with two attached hydrogens (primary N) is 1. The van der Waals surface area contributed by atoms with Crippen LogP contribution in [0.15, 0.2) is 10.9 Å². The Balaban J connectivity index is 0.000000980. The maximum absolute atomic E-state index is 11.3. The van der Waals surface area contributed by atoms with Gasteiger partial charge in [-0.2, -0.15) is 9.50 Å². The summed E-state index contributed by atoms with van der Waals surface area (Å²) in [6.45, 7) is 2.01. The Morgan fingerprint density at radius 3 is 2.93 bits per heavy atom. The number of H-pyrrole nitrogens is 1. The molecule has 76 valence electrons. The minimum absolute atomic E-state index is 0. The highest BCUT2D eigenvalue weighted by Crippen LogP contribution is 1.94. The molecule has 7 heteroatoms. The van der Waals surface area contributed by atoms with E-state index in [4.69, 9.17) is 5.73 Å². The highest BCUT2D eigenvalue weighted by atomic mass is 35.5. The molecule has 0 saturated heterocycles. The van der Waals surface area contributed by atoms with Crippen molar-refractivity contribution < 1.29 is 0 Å². The number of fused-ring (bicyclic) bond motifs is 1. The summed E-state index contributed by atoms with van der Waals surface area (Å²) < 4.78 is 1.27. The van der Waals surface area contributed by atoms with Gasteiger partial charge in [0.25, 0.3) is 11.3 Å². The normalized spacial score (nSPS) is 10.1. The molecule has 2 heterocycles. The van der Waals surface area contributed by atoms with Crippen molar-refractivity contribution in [2.45, 2.75) is 13.5 Å². The van der Waals surface area contributed by atoms with Crippen LogP contribution in [-0.4, -0.2) is 19.6 Å². The summed E-state index contributed by atoms with van der Waals surface area (Å²) >= 11 is 0. The van der Waals surface area contributed by atoms with Crippen LogP contribution in [0.5, 0.6) is 0 Å². The summed E-state index contributed by atoms with van der Waals surface area (Å²) in [5, 5.41) is 2.75. The summed E-state index contributed by atoms with van der Waals surface area (Å²) in [7, 11) is 0. The standard InChI is InChI=1S/C7H9N5O.ClH/c1-4-2-6(13)12-7(9-4)10-5(3-8)11-12;/h2H,3,8H2,1H3,(H,9,10,11);1H. The van der Waals surface area contributed by atoms with Gasteiger partial charge < -0.3 is 5.73 Å². The van der Waals surface area contributed by atoms with Gasteiger partial charge in [-0.1, -0.05) is 0 Å². The number of aryl methyl sites for hydroxylation is 1. The third-order valence-electron chi connectivity index (χ3n) is 1.70. The molecule has 0 aliphatic heterocycles. The van der Waals surface area contributed by atoms with Gasteiger partial charge in [-0.15, -0.1) is 12.4 Å². The van der Waals surface area contributed by atoms with E-state index < -0.39 is 0 Å². The number of aromatic nitrogens is 4. The third-order valence-corrected chi connectivity index (χ3v) is 1.70. The zero-order chi connectivity index (χ0) is 9.42. The monoisotopic (exact) mass is 215 g/mol. The van der Waals surface area contributed by atoms with Gasteiger partial charge >= 0.3 is 0 Å². The van der Waals surface area contributed by atoms with Crippen LogP contribution < -0.4 is 11.3 Å². The van der Waals surface area contributed by atoms with Gasteiger partial charge in [0.2, 0.25) is 0 Å². The first-order valence-corrected chi connectivity index (χ1v) is 3.86. The molecule has 2 aromatic rings. The molecule has 0 fully saturated rings. The molecule has 0 aliphatic rings. The Bertz CT molecular complexity index is 502. The van der Waals surface area contributed by atoms with E-state index in [0.717, 1.165) is 0 Å². The van der Waals surface area contributed by atoms with Crippen molar-refractivity contribution in [3.63, 3.8) is 0 Å². The Morgan fingerprint density at radius 2 is 2.29 bits per heavy atom. The lowest BCUT2D eigenvalue weighted by Gasteiger charge is -1.90. The SMILES string of the molecule is Cc1cc(=O)n2[nH]c(CN)nc2n1.Cl. The fraction of sp³-hybridized carbons (Fsp3) is 0.286. The van der Waals surface area contributed by atoms with E-state index in [1.807, 2.05) is 0 Å². The molecular formula is C7H10ClN5O. The van der Waals surface area contributed by atoms with Crippen molar-refractivity contribution in [2.75, 3.05) is 0 Å². The number of aromatic amines is 1. The fourth-order valence-electron chi connectivity index (χ4n) is 1.13. The van der Waals surface area contributed by atoms with Crippen molar-refractivity contribution in [1.29, 1.82) is 0 Å². The highest BCUT2D eigenvalue weighted by molar-refractivity contribution is 5.85. The fourth-order valence-corrected chi connectivity index (χ4v) is 1.13. The van der Waals surface area contributed by atoms with Gasteiger partial charge in [0.1, 0.15) is 5.82 Å². The van der Waals surface area contributed by atoms with E-state index in [2.05, 4.69) is 15.1 Å². The second-order valence-corrected chi connectivity index (χ2v) is 2.75. The summed E-state index contributed by atoms with van der Waals surface area (Å²) in [5.74, 6) is 0.917. The summed E-state index contributed by atoms with van der Waals surface area (Å²) in [5.41, 5.74) is 5.85. The molecular weight excluding hydrogens is 206 g/mol. The summed E-state index contributed by atoms with van der Waals surface area (Å²) in [6.07, 6.45) is 0. The highest BCUT2D eigenvalue weighted by Gasteiger charge is 2.03. The molecule has 2 aromatic heterocycles. The molecule has 0 atom stereocenters. The lowest BCUT2D eigenvalue weighted by molar-refractivity contribution is 0.839. The zero-order valence-corrected chi connectivity index (χ0v) is 8.34. The van der Waals surface area contributed by atoms with Crippen molar-refractivity contribution in [3.05, 3.63) is 27.9 Å². The average Bonchev–Trinajstić information content (AvgIpc) is 2.47. The topological polar surface area (TPSA) is 89.1 Å². The molecule has 2 rings (SSSR count). The number of halogens is 1. The number of hydrogen-bond acceptors (Lipinski definition) is 4. The van der Waals surface area contributed by atoms with E-state index in [-0.39, 0.29) is 24.5 Å². The maximum atomic E-state index is 11.3. The molecule has 0 saturated carbocycles. The quantitative estimate of drug-likeness (QED) is 0.678. The first-order valence-electron chi connectivity index (χ1n) is 3.86. The largest absolute Gasteiger partial charge is 0.324 e. The number of rotatable bonds is 1. The molecule has 0 aliphatic carbocycles. The molecule has 0 radical (unpaired) electrons. The molecule has 0 unspecified atom stereocenters. The van der Waals surface area contributed by atoms with Crippen LogP contribution in [0.2, 0.25) is 0 Å². The first kappa shape index (κ1) is 10.7. The third kappa shape index (κ3) is 1.61. The Morgan fingerprint density at radius 1 is 1.57 bits per heavy atom. The van der Waals surface area contributed by atoms with Crippen molar-refractivity contribution in [1.82, 2.24) is 19.6 Å². The molecule has 3 N–H and O–H groups in total. The minimum atomic E-state index is -0.172. The van der Waals surface area contributed by atoms with E-state index in [1.165, 1.54) is 10.6 Å². The lowest BCUT2D eigenvalue weighted by Crippen LogP contribution is -2.14. The van der Waals surface area contributed by atoms with Crippen LogP contribution in [0.25, 0.3) is 5.78 Å². The van der Waals surface area contributed by atoms with Gasteiger partial charge in [-0.25, -0.2) is 4.98 Å². The van der Waals surface area contributed by atoms with Crippen LogP contribution in [0, 0.1) is 6.92 Å². The van der Waals surface area contributed by atoms with Crippen molar-refractivity contribution in [3.8, 4) is 0 Å². The predicted octanol–water partition coefficient (Wildman–Crippen LogP) is -0.393. The predicted molar refractivity (Wildman–Crippen MR) is 53.5 cm³/mol. The Hall–Kier alpha value is -1.40. The molecule has 0 spiro atoms. The van der Waals surface area contributed by atoms with E-state index >= 15 is 0 Å². The number of nitrogens with zero attached hydrogens (tertiary/aromatic N) is 3. The van der Waals surface area contributed by atoms with Crippen LogP contribution in [0.4, 0.5) is 0 Å². The van der Waals surface area contributed by atoms with Crippen molar-refractivity contribution in [2.24, 2.45) is 5.73 Å². The Labute approximate surface area is 85.6 Å². The van der Waals surface area contributed by atoms with Gasteiger partial charge in [0, 0.05) is 11.8 Å². The van der Waals surface area contributed by atoms with E-state index in [0.29, 0.717) is 17.3 Å². The molecule has 6 nitrogen and oxygen atoms in total. The van der Waals surface area contributed by atoms with Crippen molar-refractivity contribution >= 4 is 18.2 Å². The van der Waals surface area contributed by atoms with E-state index in [1.54, 1.807) is 6.92 Å². The molecule has 0 aromatic carbocycles. The van der Waals surface area contributed by atoms with Crippen LogP contribution in [0.1, 0.15) is 11.5 Å². The Kier molecular flexibility index (Phi) is 2.87. The van der Waals surface area contributed by atoms with Crippen LogP contribution in [0.3, 0.4) is 0 Å².